The molecule has 8 heteroatoms. The van der Waals surface area contributed by atoms with E-state index in [0.717, 1.165) is 17.4 Å². The van der Waals surface area contributed by atoms with E-state index in [1.807, 2.05) is 19.1 Å². The topological polar surface area (TPSA) is 69.4 Å². The molecule has 0 aromatic heterocycles. The monoisotopic (exact) mass is 501 g/mol. The van der Waals surface area contributed by atoms with Crippen LogP contribution in [0.4, 0.5) is 5.69 Å². The first kappa shape index (κ1) is 22.1. The van der Waals surface area contributed by atoms with Crippen molar-refractivity contribution >= 4 is 45.3 Å². The summed E-state index contributed by atoms with van der Waals surface area (Å²) in [6, 6.07) is 16.0. The van der Waals surface area contributed by atoms with Crippen LogP contribution in [0.25, 0.3) is 0 Å². The molecule has 2 aromatic rings. The van der Waals surface area contributed by atoms with Gasteiger partial charge in [-0.15, -0.1) is 5.10 Å². The summed E-state index contributed by atoms with van der Waals surface area (Å²) in [6.45, 7) is 5.01. The zero-order valence-corrected chi connectivity index (χ0v) is 19.8. The molecule has 31 heavy (non-hydrogen) atoms. The third-order valence-corrected chi connectivity index (χ3v) is 7.10. The second kappa shape index (κ2) is 9.18. The van der Waals surface area contributed by atoms with Crippen molar-refractivity contribution in [2.75, 3.05) is 5.32 Å². The number of likely N-dealkylation sites (tertiary alicyclic amines) is 1. The normalized spacial score (nSPS) is 28.1. The molecule has 1 saturated heterocycles. The quantitative estimate of drug-likeness (QED) is 0.551. The van der Waals surface area contributed by atoms with Crippen LogP contribution in [-0.2, 0) is 11.3 Å². The van der Waals surface area contributed by atoms with Crippen molar-refractivity contribution in [3.8, 4) is 0 Å². The van der Waals surface area contributed by atoms with Crippen LogP contribution in [0.15, 0.2) is 68.4 Å². The van der Waals surface area contributed by atoms with E-state index >= 15 is 0 Å². The van der Waals surface area contributed by atoms with Crippen molar-refractivity contribution in [1.82, 2.24) is 4.90 Å². The van der Waals surface area contributed by atoms with Gasteiger partial charge in [-0.25, -0.2) is 0 Å². The molecular weight excluding hydrogens is 478 g/mol. The number of carbonyl (C=O) groups is 1. The van der Waals surface area contributed by atoms with E-state index in [9.17, 15) is 4.79 Å². The molecule has 2 heterocycles. The van der Waals surface area contributed by atoms with Gasteiger partial charge in [-0.2, -0.15) is 5.11 Å². The fourth-order valence-electron chi connectivity index (χ4n) is 4.48. The number of piperidine rings is 1. The lowest BCUT2D eigenvalue weighted by Crippen LogP contribution is -2.58. The van der Waals surface area contributed by atoms with Gasteiger partial charge in [-0.1, -0.05) is 41.9 Å². The second-order valence-corrected chi connectivity index (χ2v) is 9.76. The molecule has 1 N–H and O–H groups in total. The summed E-state index contributed by atoms with van der Waals surface area (Å²) >= 11 is 9.61. The molecule has 1 fully saturated rings. The lowest BCUT2D eigenvalue weighted by Gasteiger charge is -2.47. The largest absolute Gasteiger partial charge is 0.325 e. The Morgan fingerprint density at radius 1 is 1.26 bits per heavy atom. The summed E-state index contributed by atoms with van der Waals surface area (Å²) in [5.74, 6) is -0.159. The highest BCUT2D eigenvalue weighted by atomic mass is 79.9. The average molecular weight is 503 g/mol. The smallest absolute Gasteiger partial charge is 0.227 e. The molecule has 4 atom stereocenters. The van der Waals surface area contributed by atoms with E-state index in [0.29, 0.717) is 17.1 Å². The molecule has 2 aromatic carbocycles. The number of anilines is 1. The zero-order valence-electron chi connectivity index (χ0n) is 17.5. The summed E-state index contributed by atoms with van der Waals surface area (Å²) < 4.78 is 0.806. The summed E-state index contributed by atoms with van der Waals surface area (Å²) in [5, 5.41) is 16.0. The van der Waals surface area contributed by atoms with Crippen LogP contribution >= 0.6 is 27.5 Å². The number of carbonyl (C=O) groups excluding carboxylic acids is 1. The zero-order chi connectivity index (χ0) is 22.0. The third-order valence-electron chi connectivity index (χ3n) is 6.17. The molecule has 162 valence electrons. The number of halogens is 2. The number of nitrogens with one attached hydrogen (secondary N) is 1. The minimum absolute atomic E-state index is 0.00464. The van der Waals surface area contributed by atoms with Crippen molar-refractivity contribution in [2.45, 2.75) is 50.9 Å². The second-order valence-electron chi connectivity index (χ2n) is 8.46. The lowest BCUT2D eigenvalue weighted by molar-refractivity contribution is -0.123. The Hall–Kier alpha value is -2.09. The molecule has 2 aliphatic heterocycles. The summed E-state index contributed by atoms with van der Waals surface area (Å²) in [6.07, 6.45) is 3.23. The minimum atomic E-state index is -0.557. The highest BCUT2D eigenvalue weighted by Gasteiger charge is 2.46. The van der Waals surface area contributed by atoms with E-state index in [2.05, 4.69) is 72.8 Å². The van der Waals surface area contributed by atoms with E-state index < -0.39 is 5.54 Å². The van der Waals surface area contributed by atoms with E-state index in [4.69, 9.17) is 11.6 Å². The van der Waals surface area contributed by atoms with Crippen molar-refractivity contribution in [3.05, 3.63) is 63.6 Å². The maximum Gasteiger partial charge on any atom is 0.227 e. The van der Waals surface area contributed by atoms with Gasteiger partial charge in [0, 0.05) is 34.0 Å². The summed E-state index contributed by atoms with van der Waals surface area (Å²) in [7, 11) is 0. The standard InChI is InChI=1S/C23H25BrClN5O/c1-15-10-17(22(31)27-20-12-18(25)8-9-19(20)24)11-21(23(2)14-26-29-28-23)30(15)13-16-6-4-3-5-7-16/h3-9,12,14-15,17,21H,10-11,13H2,1-2H3,(H,27,31). The van der Waals surface area contributed by atoms with Crippen LogP contribution in [0.5, 0.6) is 0 Å². The minimum Gasteiger partial charge on any atom is -0.325 e. The fourth-order valence-corrected chi connectivity index (χ4v) is 4.99. The summed E-state index contributed by atoms with van der Waals surface area (Å²) in [5.41, 5.74) is 1.36. The van der Waals surface area contributed by atoms with Gasteiger partial charge in [0.15, 0.2) is 0 Å². The van der Waals surface area contributed by atoms with Crippen molar-refractivity contribution in [2.24, 2.45) is 21.4 Å². The van der Waals surface area contributed by atoms with Crippen molar-refractivity contribution in [3.63, 3.8) is 0 Å². The van der Waals surface area contributed by atoms with Gasteiger partial charge in [-0.05, 0) is 71.6 Å². The lowest BCUT2D eigenvalue weighted by atomic mass is 9.78. The Balaban J connectivity index is 1.57. The van der Waals surface area contributed by atoms with Gasteiger partial charge in [0.1, 0.15) is 5.54 Å². The van der Waals surface area contributed by atoms with E-state index in [1.54, 1.807) is 18.3 Å². The van der Waals surface area contributed by atoms with Crippen LogP contribution in [0.2, 0.25) is 5.02 Å². The first-order chi connectivity index (χ1) is 14.9. The Bertz CT molecular complexity index is 1000. The number of hydrogen-bond acceptors (Lipinski definition) is 5. The first-order valence-corrected chi connectivity index (χ1v) is 11.5. The van der Waals surface area contributed by atoms with Crippen molar-refractivity contribution < 1.29 is 4.79 Å². The summed E-state index contributed by atoms with van der Waals surface area (Å²) in [4.78, 5) is 15.7. The highest BCUT2D eigenvalue weighted by Crippen LogP contribution is 2.38. The molecule has 2 aliphatic rings. The van der Waals surface area contributed by atoms with Crippen LogP contribution in [-0.4, -0.2) is 34.6 Å². The van der Waals surface area contributed by atoms with E-state index in [-0.39, 0.29) is 23.9 Å². The molecule has 6 nitrogen and oxygen atoms in total. The maximum absolute atomic E-state index is 13.2. The molecule has 1 amide bonds. The van der Waals surface area contributed by atoms with Crippen LogP contribution in [0, 0.1) is 5.92 Å². The van der Waals surface area contributed by atoms with Gasteiger partial charge < -0.3 is 5.32 Å². The van der Waals surface area contributed by atoms with Gasteiger partial charge in [0.05, 0.1) is 11.9 Å². The van der Waals surface area contributed by atoms with E-state index in [1.165, 1.54) is 5.56 Å². The van der Waals surface area contributed by atoms with Gasteiger partial charge >= 0.3 is 0 Å². The SMILES string of the molecule is CC1CC(C(=O)Nc2cc(Cl)ccc2Br)CC(C2(C)C=NN=N2)N1Cc1ccccc1. The first-order valence-electron chi connectivity index (χ1n) is 10.4. The molecular formula is C23H25BrClN5O. The molecule has 0 spiro atoms. The third kappa shape index (κ3) is 4.89. The van der Waals surface area contributed by atoms with Crippen LogP contribution in [0.3, 0.4) is 0 Å². The predicted molar refractivity (Wildman–Crippen MR) is 127 cm³/mol. The fraction of sp³-hybridized carbons (Fsp3) is 0.391. The molecule has 4 rings (SSSR count). The van der Waals surface area contributed by atoms with Crippen molar-refractivity contribution in [1.29, 1.82) is 0 Å². The Labute approximate surface area is 195 Å². The molecule has 4 unspecified atom stereocenters. The molecule has 0 aliphatic carbocycles. The molecule has 0 bridgehead atoms. The number of rotatable bonds is 5. The number of nitrogens with zero attached hydrogens (tertiary/aromatic N) is 4. The number of benzene rings is 2. The van der Waals surface area contributed by atoms with Crippen LogP contribution < -0.4 is 5.32 Å². The Kier molecular flexibility index (Phi) is 6.55. The van der Waals surface area contributed by atoms with Gasteiger partial charge in [0.2, 0.25) is 5.91 Å². The Morgan fingerprint density at radius 2 is 2.03 bits per heavy atom. The predicted octanol–water partition coefficient (Wildman–Crippen LogP) is 5.92. The molecule has 0 saturated carbocycles. The average Bonchev–Trinajstić information content (AvgIpc) is 3.20. The highest BCUT2D eigenvalue weighted by molar-refractivity contribution is 9.10. The number of hydrogen-bond donors (Lipinski definition) is 1. The van der Waals surface area contributed by atoms with Gasteiger partial charge in [-0.3, -0.25) is 9.69 Å². The number of amides is 1. The Morgan fingerprint density at radius 3 is 2.74 bits per heavy atom. The maximum atomic E-state index is 13.2. The van der Waals surface area contributed by atoms with Crippen LogP contribution in [0.1, 0.15) is 32.3 Å². The molecule has 0 radical (unpaired) electrons. The van der Waals surface area contributed by atoms with Gasteiger partial charge in [0.25, 0.3) is 0 Å².